The first-order chi connectivity index (χ1) is 8.69. The van der Waals surface area contributed by atoms with Crippen molar-refractivity contribution in [2.75, 3.05) is 0 Å². The number of nitrogens with zero attached hydrogens (tertiary/aromatic N) is 1. The zero-order valence-corrected chi connectivity index (χ0v) is 10.9. The first kappa shape index (κ1) is 11.5. The maximum absolute atomic E-state index is 12.5. The van der Waals surface area contributed by atoms with Crippen molar-refractivity contribution in [3.8, 4) is 0 Å². The Morgan fingerprint density at radius 2 is 1.67 bits per heavy atom. The lowest BCUT2D eigenvalue weighted by atomic mass is 9.98. The van der Waals surface area contributed by atoms with Crippen LogP contribution in [-0.4, -0.2) is 12.4 Å². The quantitative estimate of drug-likeness (QED) is 0.833. The van der Waals surface area contributed by atoms with E-state index in [4.69, 9.17) is 0 Å². The highest BCUT2D eigenvalue weighted by atomic mass is 32.2. The molecule has 1 heterocycles. The summed E-state index contributed by atoms with van der Waals surface area (Å²) in [6.45, 7) is 0. The molecule has 0 fully saturated rings. The van der Waals surface area contributed by atoms with E-state index >= 15 is 0 Å². The first-order valence-corrected chi connectivity index (χ1v) is 7.63. The second-order valence-corrected chi connectivity index (χ2v) is 6.42. The molecule has 94 valence electrons. The van der Waals surface area contributed by atoms with E-state index in [1.165, 1.54) is 9.54 Å². The van der Waals surface area contributed by atoms with E-state index in [2.05, 4.69) is 0 Å². The molecule has 1 aliphatic rings. The zero-order valence-electron chi connectivity index (χ0n) is 10.0. The molecule has 1 aromatic heterocycles. The lowest BCUT2D eigenvalue weighted by molar-refractivity contribution is 0.580. The van der Waals surface area contributed by atoms with Gasteiger partial charge in [-0.3, -0.25) is 0 Å². The maximum atomic E-state index is 12.5. The van der Waals surface area contributed by atoms with Gasteiger partial charge < -0.3 is 0 Å². The highest BCUT2D eigenvalue weighted by molar-refractivity contribution is 7.90. The number of hydrogen-bond donors (Lipinski definition) is 0. The molecule has 18 heavy (non-hydrogen) atoms. The molecule has 0 aliphatic heterocycles. The second kappa shape index (κ2) is 4.28. The minimum Gasteiger partial charge on any atom is -0.246 e. The fourth-order valence-electron chi connectivity index (χ4n) is 2.52. The van der Waals surface area contributed by atoms with Crippen LogP contribution >= 0.6 is 0 Å². The molecule has 0 unspecified atom stereocenters. The Balaban J connectivity index is 2.13. The Hall–Kier alpha value is -1.55. The highest BCUT2D eigenvalue weighted by Gasteiger charge is 2.22. The molecule has 1 aliphatic carbocycles. The van der Waals surface area contributed by atoms with Crippen molar-refractivity contribution in [3.05, 3.63) is 53.9 Å². The van der Waals surface area contributed by atoms with Crippen LogP contribution in [0.5, 0.6) is 0 Å². The molecule has 1 aromatic carbocycles. The monoisotopic (exact) mass is 261 g/mol. The van der Waals surface area contributed by atoms with Crippen LogP contribution < -0.4 is 0 Å². The first-order valence-electron chi connectivity index (χ1n) is 6.19. The molecule has 3 nitrogen and oxygen atoms in total. The van der Waals surface area contributed by atoms with Crippen molar-refractivity contribution in [1.29, 1.82) is 0 Å². The summed E-state index contributed by atoms with van der Waals surface area (Å²) in [4.78, 5) is 0.356. The standard InChI is InChI=1S/C14H15NO2S/c16-18(17,13-7-2-1-3-8-13)15-11-10-12-6-4-5-9-14(12)15/h1-3,7-8,10-11H,4-6,9H2. The molecule has 0 radical (unpaired) electrons. The average Bonchev–Trinajstić information content (AvgIpc) is 2.84. The maximum Gasteiger partial charge on any atom is 0.267 e. The Bertz CT molecular complexity index is 656. The van der Waals surface area contributed by atoms with E-state index in [0.29, 0.717) is 4.90 Å². The fraction of sp³-hybridized carbons (Fsp3) is 0.286. The number of hydrogen-bond acceptors (Lipinski definition) is 2. The summed E-state index contributed by atoms with van der Waals surface area (Å²) in [6.07, 6.45) is 5.77. The van der Waals surface area contributed by atoms with Crippen LogP contribution in [0.3, 0.4) is 0 Å². The normalized spacial score (nSPS) is 15.3. The molecule has 0 saturated heterocycles. The third-order valence-electron chi connectivity index (χ3n) is 3.46. The van der Waals surface area contributed by atoms with E-state index in [9.17, 15) is 8.42 Å². The Morgan fingerprint density at radius 3 is 2.44 bits per heavy atom. The smallest absolute Gasteiger partial charge is 0.246 e. The molecule has 0 saturated carbocycles. The minimum absolute atomic E-state index is 0.356. The number of benzene rings is 1. The van der Waals surface area contributed by atoms with Crippen LogP contribution in [0.1, 0.15) is 24.1 Å². The van der Waals surface area contributed by atoms with E-state index in [0.717, 1.165) is 31.4 Å². The molecule has 0 spiro atoms. The third-order valence-corrected chi connectivity index (χ3v) is 5.19. The molecule has 3 rings (SSSR count). The molecule has 0 bridgehead atoms. The van der Waals surface area contributed by atoms with Gasteiger partial charge in [-0.05, 0) is 49.4 Å². The largest absolute Gasteiger partial charge is 0.267 e. The number of fused-ring (bicyclic) bond motifs is 1. The van der Waals surface area contributed by atoms with Crippen molar-refractivity contribution >= 4 is 10.0 Å². The van der Waals surface area contributed by atoms with Gasteiger partial charge in [-0.15, -0.1) is 0 Å². The summed E-state index contributed by atoms with van der Waals surface area (Å²) in [7, 11) is -3.42. The third kappa shape index (κ3) is 1.77. The molecule has 0 N–H and O–H groups in total. The van der Waals surface area contributed by atoms with Crippen molar-refractivity contribution in [2.45, 2.75) is 30.6 Å². The van der Waals surface area contributed by atoms with Crippen LogP contribution in [0.25, 0.3) is 0 Å². The number of aromatic nitrogens is 1. The molecular weight excluding hydrogens is 246 g/mol. The van der Waals surface area contributed by atoms with E-state index < -0.39 is 10.0 Å². The summed E-state index contributed by atoms with van der Waals surface area (Å²) in [5.41, 5.74) is 2.14. The molecule has 2 aromatic rings. The van der Waals surface area contributed by atoms with Gasteiger partial charge in [0, 0.05) is 11.9 Å². The van der Waals surface area contributed by atoms with Gasteiger partial charge >= 0.3 is 0 Å². The van der Waals surface area contributed by atoms with Crippen LogP contribution in [-0.2, 0) is 22.9 Å². The SMILES string of the molecule is O=S(=O)(c1ccccc1)n1ccc2c1CCCC2. The molecule has 0 atom stereocenters. The molecule has 4 heteroatoms. The predicted molar refractivity (Wildman–Crippen MR) is 70.1 cm³/mol. The average molecular weight is 261 g/mol. The van der Waals surface area contributed by atoms with Crippen molar-refractivity contribution in [3.63, 3.8) is 0 Å². The Kier molecular flexibility index (Phi) is 2.74. The van der Waals surface area contributed by atoms with Gasteiger partial charge in [-0.2, -0.15) is 0 Å². The van der Waals surface area contributed by atoms with Crippen LogP contribution in [0.15, 0.2) is 47.5 Å². The number of aryl methyl sites for hydroxylation is 1. The van der Waals surface area contributed by atoms with Gasteiger partial charge in [0.05, 0.1) is 4.90 Å². The van der Waals surface area contributed by atoms with Gasteiger partial charge in [0.1, 0.15) is 0 Å². The Labute approximate surface area is 107 Å². The summed E-state index contributed by atoms with van der Waals surface area (Å²) >= 11 is 0. The van der Waals surface area contributed by atoms with Gasteiger partial charge in [0.2, 0.25) is 0 Å². The van der Waals surface area contributed by atoms with Gasteiger partial charge in [0.15, 0.2) is 0 Å². The minimum atomic E-state index is -3.42. The van der Waals surface area contributed by atoms with Gasteiger partial charge in [-0.25, -0.2) is 12.4 Å². The lowest BCUT2D eigenvalue weighted by Crippen LogP contribution is -2.17. The van der Waals surface area contributed by atoms with Gasteiger partial charge in [-0.1, -0.05) is 18.2 Å². The molecular formula is C14H15NO2S. The number of rotatable bonds is 2. The van der Waals surface area contributed by atoms with E-state index in [-0.39, 0.29) is 0 Å². The van der Waals surface area contributed by atoms with Gasteiger partial charge in [0.25, 0.3) is 10.0 Å². The predicted octanol–water partition coefficient (Wildman–Crippen LogP) is 2.60. The van der Waals surface area contributed by atoms with E-state index in [1.807, 2.05) is 12.1 Å². The highest BCUT2D eigenvalue weighted by Crippen LogP contribution is 2.25. The zero-order chi connectivity index (χ0) is 12.6. The molecule has 0 amide bonds. The van der Waals surface area contributed by atoms with Crippen LogP contribution in [0, 0.1) is 0 Å². The van der Waals surface area contributed by atoms with Crippen LogP contribution in [0.4, 0.5) is 0 Å². The summed E-state index contributed by atoms with van der Waals surface area (Å²) < 4.78 is 26.5. The Morgan fingerprint density at radius 1 is 0.944 bits per heavy atom. The topological polar surface area (TPSA) is 39.1 Å². The van der Waals surface area contributed by atoms with Crippen molar-refractivity contribution < 1.29 is 8.42 Å². The summed E-state index contributed by atoms with van der Waals surface area (Å²) in [6, 6.07) is 10.6. The summed E-state index contributed by atoms with van der Waals surface area (Å²) in [5, 5.41) is 0. The van der Waals surface area contributed by atoms with E-state index in [1.54, 1.807) is 30.5 Å². The fourth-order valence-corrected chi connectivity index (χ4v) is 3.97. The summed E-state index contributed by atoms with van der Waals surface area (Å²) in [5.74, 6) is 0. The van der Waals surface area contributed by atoms with Crippen molar-refractivity contribution in [2.24, 2.45) is 0 Å². The second-order valence-electron chi connectivity index (χ2n) is 4.61. The van der Waals surface area contributed by atoms with Crippen molar-refractivity contribution in [1.82, 2.24) is 3.97 Å². The lowest BCUT2D eigenvalue weighted by Gasteiger charge is -2.15. The van der Waals surface area contributed by atoms with Crippen LogP contribution in [0.2, 0.25) is 0 Å².